The summed E-state index contributed by atoms with van der Waals surface area (Å²) in [5.41, 5.74) is 1.19. The number of anilines is 1. The number of rotatable bonds is 5. The van der Waals surface area contributed by atoms with Crippen LogP contribution in [0.15, 0.2) is 42.5 Å². The van der Waals surface area contributed by atoms with Gasteiger partial charge in [0.05, 0.1) is 5.02 Å². The predicted octanol–water partition coefficient (Wildman–Crippen LogP) is 3.28. The summed E-state index contributed by atoms with van der Waals surface area (Å²) in [6.45, 7) is 0.178. The van der Waals surface area contributed by atoms with Crippen molar-refractivity contribution in [2.24, 2.45) is 0 Å². The van der Waals surface area contributed by atoms with Crippen LogP contribution in [0, 0.1) is 5.82 Å². The van der Waals surface area contributed by atoms with Crippen molar-refractivity contribution in [2.75, 3.05) is 5.32 Å². The van der Waals surface area contributed by atoms with Crippen molar-refractivity contribution in [3.8, 4) is 5.75 Å². The molecule has 0 radical (unpaired) electrons. The molecule has 2 amide bonds. The van der Waals surface area contributed by atoms with E-state index in [0.717, 1.165) is 0 Å². The Morgan fingerprint density at radius 1 is 1.32 bits per heavy atom. The average Bonchev–Trinajstić information content (AvgIpc) is 3.01. The van der Waals surface area contributed by atoms with Gasteiger partial charge in [0.1, 0.15) is 24.2 Å². The van der Waals surface area contributed by atoms with Crippen LogP contribution in [0.3, 0.4) is 0 Å². The molecular formula is C18H16ClFN2O3. The molecule has 7 heteroatoms. The van der Waals surface area contributed by atoms with Gasteiger partial charge < -0.3 is 15.4 Å². The summed E-state index contributed by atoms with van der Waals surface area (Å²) in [5.74, 6) is -0.308. The summed E-state index contributed by atoms with van der Waals surface area (Å²) in [5, 5.41) is 5.64. The van der Waals surface area contributed by atoms with Crippen LogP contribution in [0.1, 0.15) is 18.4 Å². The van der Waals surface area contributed by atoms with E-state index in [9.17, 15) is 14.0 Å². The Balaban J connectivity index is 1.60. The standard InChI is InChI=1S/C18H16ClFN2O3/c19-14-9-13(21-18(24)15-5-7-17(23)22-15)4-6-16(14)25-10-11-2-1-3-12(20)8-11/h1-4,6,8-9,15H,5,7,10H2,(H,21,24)(H,22,23)/t15-/m1/s1. The molecule has 0 bridgehead atoms. The second-order valence-electron chi connectivity index (χ2n) is 5.71. The molecule has 130 valence electrons. The largest absolute Gasteiger partial charge is 0.487 e. The van der Waals surface area contributed by atoms with Crippen molar-refractivity contribution in [1.29, 1.82) is 0 Å². The van der Waals surface area contributed by atoms with Crippen LogP contribution in [0.2, 0.25) is 5.02 Å². The highest BCUT2D eigenvalue weighted by atomic mass is 35.5. The lowest BCUT2D eigenvalue weighted by Crippen LogP contribution is -2.37. The van der Waals surface area contributed by atoms with E-state index in [1.165, 1.54) is 12.1 Å². The second-order valence-corrected chi connectivity index (χ2v) is 6.12. The van der Waals surface area contributed by atoms with Gasteiger partial charge in [-0.05, 0) is 42.3 Å². The molecule has 5 nitrogen and oxygen atoms in total. The molecule has 1 aliphatic heterocycles. The van der Waals surface area contributed by atoms with E-state index in [4.69, 9.17) is 16.3 Å². The minimum absolute atomic E-state index is 0.126. The average molecular weight is 363 g/mol. The smallest absolute Gasteiger partial charge is 0.246 e. The number of halogens is 2. The Kier molecular flexibility index (Phi) is 5.19. The number of hydrogen-bond donors (Lipinski definition) is 2. The van der Waals surface area contributed by atoms with Gasteiger partial charge in [-0.3, -0.25) is 9.59 Å². The monoisotopic (exact) mass is 362 g/mol. The van der Waals surface area contributed by atoms with Crippen LogP contribution in [0.25, 0.3) is 0 Å². The molecule has 1 fully saturated rings. The number of benzene rings is 2. The number of nitrogens with one attached hydrogen (secondary N) is 2. The zero-order chi connectivity index (χ0) is 17.8. The van der Waals surface area contributed by atoms with Crippen LogP contribution in [-0.4, -0.2) is 17.9 Å². The Morgan fingerprint density at radius 2 is 2.16 bits per heavy atom. The Morgan fingerprint density at radius 3 is 2.84 bits per heavy atom. The molecule has 1 saturated heterocycles. The first-order chi connectivity index (χ1) is 12.0. The first kappa shape index (κ1) is 17.2. The highest BCUT2D eigenvalue weighted by Gasteiger charge is 2.27. The third-order valence-electron chi connectivity index (χ3n) is 3.79. The molecule has 3 rings (SSSR count). The number of carbonyl (C=O) groups excluding carboxylic acids is 2. The molecule has 0 unspecified atom stereocenters. The summed E-state index contributed by atoms with van der Waals surface area (Å²) in [7, 11) is 0. The molecule has 0 saturated carbocycles. The summed E-state index contributed by atoms with van der Waals surface area (Å²) in [4.78, 5) is 23.2. The molecule has 1 aliphatic rings. The fourth-order valence-corrected chi connectivity index (χ4v) is 2.76. The van der Waals surface area contributed by atoms with E-state index in [2.05, 4.69) is 10.6 Å². The Labute approximate surface area is 149 Å². The van der Waals surface area contributed by atoms with Gasteiger partial charge in [-0.2, -0.15) is 0 Å². The van der Waals surface area contributed by atoms with Gasteiger partial charge >= 0.3 is 0 Å². The maximum absolute atomic E-state index is 13.2. The van der Waals surface area contributed by atoms with Crippen LogP contribution >= 0.6 is 11.6 Å². The number of hydrogen-bond acceptors (Lipinski definition) is 3. The van der Waals surface area contributed by atoms with E-state index in [1.54, 1.807) is 30.3 Å². The van der Waals surface area contributed by atoms with Crippen LogP contribution < -0.4 is 15.4 Å². The molecule has 25 heavy (non-hydrogen) atoms. The summed E-state index contributed by atoms with van der Waals surface area (Å²) in [6.07, 6.45) is 0.832. The first-order valence-electron chi connectivity index (χ1n) is 7.78. The SMILES string of the molecule is O=C1CC[C@H](C(=O)Nc2ccc(OCc3cccc(F)c3)c(Cl)c2)N1. The van der Waals surface area contributed by atoms with Crippen molar-refractivity contribution in [1.82, 2.24) is 5.32 Å². The van der Waals surface area contributed by atoms with Gasteiger partial charge in [0, 0.05) is 12.1 Å². The van der Waals surface area contributed by atoms with Crippen molar-refractivity contribution < 1.29 is 18.7 Å². The number of ether oxygens (including phenoxy) is 1. The highest BCUT2D eigenvalue weighted by Crippen LogP contribution is 2.28. The zero-order valence-corrected chi connectivity index (χ0v) is 14.0. The van der Waals surface area contributed by atoms with Gasteiger partial charge in [-0.1, -0.05) is 23.7 Å². The lowest BCUT2D eigenvalue weighted by Gasteiger charge is -2.13. The molecule has 0 aliphatic carbocycles. The van der Waals surface area contributed by atoms with E-state index in [-0.39, 0.29) is 24.2 Å². The lowest BCUT2D eigenvalue weighted by molar-refractivity contribution is -0.122. The molecule has 2 aromatic carbocycles. The van der Waals surface area contributed by atoms with E-state index in [1.807, 2.05) is 0 Å². The third kappa shape index (κ3) is 4.48. The van der Waals surface area contributed by atoms with E-state index >= 15 is 0 Å². The van der Waals surface area contributed by atoms with E-state index in [0.29, 0.717) is 34.9 Å². The van der Waals surface area contributed by atoms with Crippen LogP contribution in [0.5, 0.6) is 5.75 Å². The van der Waals surface area contributed by atoms with Gasteiger partial charge in [0.2, 0.25) is 11.8 Å². The topological polar surface area (TPSA) is 67.4 Å². The molecule has 0 aromatic heterocycles. The molecule has 0 spiro atoms. The maximum atomic E-state index is 13.2. The van der Waals surface area contributed by atoms with Gasteiger partial charge in [0.25, 0.3) is 0 Å². The van der Waals surface area contributed by atoms with Gasteiger partial charge in [-0.15, -0.1) is 0 Å². The minimum Gasteiger partial charge on any atom is -0.487 e. The Bertz CT molecular complexity index is 813. The summed E-state index contributed by atoms with van der Waals surface area (Å²) >= 11 is 6.17. The third-order valence-corrected chi connectivity index (χ3v) is 4.09. The number of amides is 2. The second kappa shape index (κ2) is 7.53. The normalized spacial score (nSPS) is 16.4. The van der Waals surface area contributed by atoms with Crippen LogP contribution in [-0.2, 0) is 16.2 Å². The molecule has 1 atom stereocenters. The summed E-state index contributed by atoms with van der Waals surface area (Å²) < 4.78 is 18.7. The maximum Gasteiger partial charge on any atom is 0.246 e. The van der Waals surface area contributed by atoms with Crippen molar-refractivity contribution in [3.05, 3.63) is 58.9 Å². The first-order valence-corrected chi connectivity index (χ1v) is 8.16. The molecular weight excluding hydrogens is 347 g/mol. The Hall–Kier alpha value is -2.60. The molecule has 2 aromatic rings. The van der Waals surface area contributed by atoms with Crippen molar-refractivity contribution in [3.63, 3.8) is 0 Å². The fraction of sp³-hybridized carbons (Fsp3) is 0.222. The summed E-state index contributed by atoms with van der Waals surface area (Å²) in [6, 6.07) is 10.4. The van der Waals surface area contributed by atoms with Crippen LogP contribution in [0.4, 0.5) is 10.1 Å². The quantitative estimate of drug-likeness (QED) is 0.857. The highest BCUT2D eigenvalue weighted by molar-refractivity contribution is 6.32. The van der Waals surface area contributed by atoms with Gasteiger partial charge in [-0.25, -0.2) is 4.39 Å². The van der Waals surface area contributed by atoms with Crippen molar-refractivity contribution in [2.45, 2.75) is 25.5 Å². The predicted molar refractivity (Wildman–Crippen MR) is 92.0 cm³/mol. The molecule has 1 heterocycles. The van der Waals surface area contributed by atoms with Crippen molar-refractivity contribution >= 4 is 29.1 Å². The zero-order valence-electron chi connectivity index (χ0n) is 13.2. The number of carbonyl (C=O) groups is 2. The minimum atomic E-state index is -0.518. The van der Waals surface area contributed by atoms with E-state index < -0.39 is 6.04 Å². The van der Waals surface area contributed by atoms with Gasteiger partial charge in [0.15, 0.2) is 0 Å². The fourth-order valence-electron chi connectivity index (χ4n) is 2.52. The lowest BCUT2D eigenvalue weighted by atomic mass is 10.2. The molecule has 2 N–H and O–H groups in total.